The number of aliphatic imine (C=N–C) groups is 1. The van der Waals surface area contributed by atoms with Crippen LogP contribution in [0.5, 0.6) is 11.5 Å². The number of carbonyl (C=O) groups is 1. The standard InChI is InChI=1S/C17H13F4N4O3S/c1-10-8-25(15(29-10)22-14(26)24-6-5-23(2)9-24)11-3-4-12-13(7-11)28-17(20,21)16(18,19)27-12/h3-7,9H,1,8H2,2H3/q+1. The topological polar surface area (TPSA) is 59.9 Å². The van der Waals surface area contributed by atoms with Gasteiger partial charge in [-0.2, -0.15) is 17.6 Å². The largest absolute Gasteiger partial charge is 0.507 e. The number of rotatable bonds is 1. The van der Waals surface area contributed by atoms with E-state index in [2.05, 4.69) is 21.0 Å². The SMILES string of the molecule is C=C1CN(c2ccc3c(c2)OC(F)(F)C(F)(F)O3)C(=NC(=O)n2cc[n+](C)c2)S1. The minimum Gasteiger partial charge on any atom is -0.421 e. The number of halogens is 4. The summed E-state index contributed by atoms with van der Waals surface area (Å²) in [6.07, 6.45) is -4.90. The van der Waals surface area contributed by atoms with Crippen molar-refractivity contribution in [2.45, 2.75) is 12.2 Å². The molecular formula is C17H13F4N4O3S+. The first kappa shape index (κ1) is 19.3. The Morgan fingerprint density at radius 1 is 1.24 bits per heavy atom. The van der Waals surface area contributed by atoms with Gasteiger partial charge >= 0.3 is 18.2 Å². The lowest BCUT2D eigenvalue weighted by Gasteiger charge is -2.32. The predicted molar refractivity (Wildman–Crippen MR) is 95.5 cm³/mol. The molecule has 152 valence electrons. The molecule has 1 fully saturated rings. The summed E-state index contributed by atoms with van der Waals surface area (Å²) in [5, 5.41) is 0.255. The molecule has 1 saturated heterocycles. The summed E-state index contributed by atoms with van der Waals surface area (Å²) in [6, 6.07) is 3.01. The van der Waals surface area contributed by atoms with Crippen molar-refractivity contribution in [1.82, 2.24) is 4.57 Å². The third-order valence-corrected chi connectivity index (χ3v) is 4.95. The fourth-order valence-corrected chi connectivity index (χ4v) is 3.53. The summed E-state index contributed by atoms with van der Waals surface area (Å²) in [5.41, 5.74) is 0.295. The summed E-state index contributed by atoms with van der Waals surface area (Å²) >= 11 is 1.14. The van der Waals surface area contributed by atoms with E-state index in [1.165, 1.54) is 28.1 Å². The van der Waals surface area contributed by atoms with Gasteiger partial charge in [0.2, 0.25) is 0 Å². The van der Waals surface area contributed by atoms with Gasteiger partial charge in [-0.1, -0.05) is 18.3 Å². The zero-order chi connectivity index (χ0) is 21.0. The Kier molecular flexibility index (Phi) is 4.33. The monoisotopic (exact) mass is 429 g/mol. The number of aryl methyl sites for hydroxylation is 1. The quantitative estimate of drug-likeness (QED) is 0.514. The minimum atomic E-state index is -4.82. The normalized spacial score (nSPS) is 20.9. The van der Waals surface area contributed by atoms with Gasteiger partial charge in [-0.25, -0.2) is 9.36 Å². The summed E-state index contributed by atoms with van der Waals surface area (Å²) in [4.78, 5) is 18.6. The highest BCUT2D eigenvalue weighted by Gasteiger charge is 2.66. The molecule has 2 aliphatic heterocycles. The summed E-state index contributed by atoms with van der Waals surface area (Å²) < 4.78 is 64.7. The second-order valence-electron chi connectivity index (χ2n) is 6.26. The van der Waals surface area contributed by atoms with E-state index in [4.69, 9.17) is 0 Å². The number of anilines is 1. The lowest BCUT2D eigenvalue weighted by atomic mass is 10.2. The van der Waals surface area contributed by atoms with Crippen molar-refractivity contribution in [2.24, 2.45) is 12.0 Å². The van der Waals surface area contributed by atoms with E-state index in [-0.39, 0.29) is 11.7 Å². The molecule has 4 rings (SSSR count). The van der Waals surface area contributed by atoms with Gasteiger partial charge in [0.05, 0.1) is 13.6 Å². The van der Waals surface area contributed by atoms with Gasteiger partial charge in [0.1, 0.15) is 12.4 Å². The van der Waals surface area contributed by atoms with Crippen LogP contribution in [0.2, 0.25) is 0 Å². The number of ether oxygens (including phenoxy) is 2. The van der Waals surface area contributed by atoms with Crippen molar-refractivity contribution in [2.75, 3.05) is 11.4 Å². The van der Waals surface area contributed by atoms with Crippen molar-refractivity contribution >= 4 is 28.6 Å². The van der Waals surface area contributed by atoms with Gasteiger partial charge in [-0.05, 0) is 12.1 Å². The molecule has 12 heteroatoms. The van der Waals surface area contributed by atoms with Crippen LogP contribution in [0.25, 0.3) is 0 Å². The van der Waals surface area contributed by atoms with Gasteiger partial charge in [-0.3, -0.25) is 0 Å². The molecular weight excluding hydrogens is 416 g/mol. The fourth-order valence-electron chi connectivity index (χ4n) is 2.67. The molecule has 2 aromatic rings. The molecule has 0 bridgehead atoms. The number of benzene rings is 1. The first-order valence-electron chi connectivity index (χ1n) is 8.13. The first-order valence-corrected chi connectivity index (χ1v) is 8.94. The average molecular weight is 429 g/mol. The Morgan fingerprint density at radius 2 is 1.93 bits per heavy atom. The number of thioether (sulfide) groups is 1. The number of nitrogens with zero attached hydrogens (tertiary/aromatic N) is 4. The zero-order valence-electron chi connectivity index (χ0n) is 14.8. The number of carbonyl (C=O) groups excluding carboxylic acids is 1. The number of alkyl halides is 4. The van der Waals surface area contributed by atoms with Crippen molar-refractivity contribution in [3.63, 3.8) is 0 Å². The van der Waals surface area contributed by atoms with Crippen LogP contribution >= 0.6 is 11.8 Å². The molecule has 2 aliphatic rings. The average Bonchev–Trinajstić information content (AvgIpc) is 3.21. The zero-order valence-corrected chi connectivity index (χ0v) is 15.6. The summed E-state index contributed by atoms with van der Waals surface area (Å²) in [6.45, 7) is 4.08. The van der Waals surface area contributed by atoms with E-state index >= 15 is 0 Å². The van der Waals surface area contributed by atoms with Crippen LogP contribution in [0.4, 0.5) is 28.0 Å². The van der Waals surface area contributed by atoms with Crippen LogP contribution in [0, 0.1) is 0 Å². The highest BCUT2D eigenvalue weighted by molar-refractivity contribution is 8.18. The molecule has 0 unspecified atom stereocenters. The van der Waals surface area contributed by atoms with E-state index in [9.17, 15) is 22.4 Å². The maximum atomic E-state index is 13.5. The Balaban J connectivity index is 1.66. The lowest BCUT2D eigenvalue weighted by molar-refractivity contribution is -0.670. The maximum Gasteiger partial charge on any atom is 0.507 e. The van der Waals surface area contributed by atoms with E-state index in [0.29, 0.717) is 10.6 Å². The van der Waals surface area contributed by atoms with E-state index in [1.807, 2.05) is 0 Å². The summed E-state index contributed by atoms with van der Waals surface area (Å²) in [7, 11) is 1.74. The maximum absolute atomic E-state index is 13.5. The molecule has 0 saturated carbocycles. The molecule has 1 amide bonds. The van der Waals surface area contributed by atoms with E-state index in [1.54, 1.807) is 17.8 Å². The summed E-state index contributed by atoms with van der Waals surface area (Å²) in [5.74, 6) is -1.08. The fraction of sp³-hybridized carbons (Fsp3) is 0.235. The lowest BCUT2D eigenvalue weighted by Crippen LogP contribution is -2.52. The highest BCUT2D eigenvalue weighted by atomic mass is 32.2. The molecule has 0 spiro atoms. The molecule has 0 radical (unpaired) electrons. The van der Waals surface area contributed by atoms with Gasteiger partial charge in [0.15, 0.2) is 16.7 Å². The van der Waals surface area contributed by atoms with Crippen LogP contribution in [0.15, 0.2) is 53.4 Å². The molecule has 0 atom stereocenters. The van der Waals surface area contributed by atoms with Crippen LogP contribution in [-0.2, 0) is 7.05 Å². The molecule has 29 heavy (non-hydrogen) atoms. The smallest absolute Gasteiger partial charge is 0.421 e. The second-order valence-corrected chi connectivity index (χ2v) is 7.41. The van der Waals surface area contributed by atoms with Crippen LogP contribution in [-0.4, -0.2) is 34.5 Å². The first-order chi connectivity index (χ1) is 13.6. The number of amides is 1. The number of hydrogen-bond donors (Lipinski definition) is 0. The molecule has 1 aromatic carbocycles. The molecule has 1 aromatic heterocycles. The Morgan fingerprint density at radius 3 is 2.59 bits per heavy atom. The van der Waals surface area contributed by atoms with Crippen molar-refractivity contribution in [3.05, 3.63) is 48.4 Å². The molecule has 7 nitrogen and oxygen atoms in total. The van der Waals surface area contributed by atoms with Crippen molar-refractivity contribution in [1.29, 1.82) is 0 Å². The van der Waals surface area contributed by atoms with Crippen LogP contribution < -0.4 is 18.9 Å². The Hall–Kier alpha value is -3.02. The van der Waals surface area contributed by atoms with Gasteiger partial charge in [0.25, 0.3) is 6.33 Å². The number of amidine groups is 1. The highest BCUT2D eigenvalue weighted by Crippen LogP contribution is 2.48. The van der Waals surface area contributed by atoms with Gasteiger partial charge in [0, 0.05) is 16.7 Å². The van der Waals surface area contributed by atoms with Gasteiger partial charge < -0.3 is 14.4 Å². The molecule has 3 heterocycles. The van der Waals surface area contributed by atoms with E-state index < -0.39 is 29.7 Å². The number of aromatic nitrogens is 2. The number of hydrogen-bond acceptors (Lipinski definition) is 4. The number of imidazole rings is 1. The number of fused-ring (bicyclic) bond motifs is 1. The minimum absolute atomic E-state index is 0.239. The third-order valence-electron chi connectivity index (χ3n) is 4.04. The third kappa shape index (κ3) is 3.43. The van der Waals surface area contributed by atoms with Crippen LogP contribution in [0.1, 0.15) is 0 Å². The molecule has 0 aliphatic carbocycles. The predicted octanol–water partition coefficient (Wildman–Crippen LogP) is 3.36. The van der Waals surface area contributed by atoms with Gasteiger partial charge in [-0.15, -0.1) is 9.56 Å². The second kappa shape index (κ2) is 6.51. The van der Waals surface area contributed by atoms with Crippen molar-refractivity contribution in [3.8, 4) is 11.5 Å². The van der Waals surface area contributed by atoms with Crippen LogP contribution in [0.3, 0.4) is 0 Å². The van der Waals surface area contributed by atoms with Crippen molar-refractivity contribution < 1.29 is 36.4 Å². The Bertz CT molecular complexity index is 1050. The molecule has 0 N–H and O–H groups in total. The Labute approximate surface area is 165 Å². The van der Waals surface area contributed by atoms with E-state index in [0.717, 1.165) is 23.9 Å².